The van der Waals surface area contributed by atoms with Crippen LogP contribution in [0.2, 0.25) is 16.6 Å². The highest BCUT2D eigenvalue weighted by atomic mass is 28.4. The summed E-state index contributed by atoms with van der Waals surface area (Å²) in [5.41, 5.74) is 4.04. The van der Waals surface area contributed by atoms with E-state index in [0.29, 0.717) is 16.6 Å². The molecule has 0 amide bonds. The van der Waals surface area contributed by atoms with Crippen LogP contribution >= 0.6 is 0 Å². The van der Waals surface area contributed by atoms with E-state index in [1.807, 2.05) is 6.07 Å². The minimum absolute atomic E-state index is 0.566. The molecule has 0 N–H and O–H groups in total. The molecule has 2 nitrogen and oxygen atoms in total. The second kappa shape index (κ2) is 8.05. The van der Waals surface area contributed by atoms with Gasteiger partial charge >= 0.3 is 0 Å². The minimum atomic E-state index is -1.92. The number of allylic oxidation sites excluding steroid dienone is 1. The normalized spacial score (nSPS) is 12.0. The number of rotatable bonds is 7. The van der Waals surface area contributed by atoms with Crippen molar-refractivity contribution >= 4 is 14.4 Å². The molecule has 0 aliphatic heterocycles. The maximum absolute atomic E-state index is 6.76. The van der Waals surface area contributed by atoms with Gasteiger partial charge in [-0.2, -0.15) is 0 Å². The first-order valence-electron chi connectivity index (χ1n) is 8.67. The third kappa shape index (κ3) is 4.41. The number of methoxy groups -OCH3 is 1. The monoisotopic (exact) mass is 334 g/mol. The van der Waals surface area contributed by atoms with Gasteiger partial charge in [0.2, 0.25) is 0 Å². The molecule has 0 fully saturated rings. The van der Waals surface area contributed by atoms with Crippen LogP contribution in [0.3, 0.4) is 0 Å². The molecule has 0 unspecified atom stereocenters. The predicted octanol–water partition coefficient (Wildman–Crippen LogP) is 6.67. The molecule has 0 spiro atoms. The zero-order valence-corrected chi connectivity index (χ0v) is 17.4. The van der Waals surface area contributed by atoms with Gasteiger partial charge in [0, 0.05) is 5.56 Å². The Labute approximate surface area is 144 Å². The Morgan fingerprint density at radius 3 is 1.87 bits per heavy atom. The van der Waals surface area contributed by atoms with Crippen LogP contribution < -0.4 is 9.16 Å². The fraction of sp³-hybridized carbons (Fsp3) is 0.600. The Hall–Kier alpha value is -1.22. The average Bonchev–Trinajstić information content (AvgIpc) is 2.43. The maximum Gasteiger partial charge on any atom is 0.258 e. The van der Waals surface area contributed by atoms with Crippen LogP contribution in [-0.4, -0.2) is 15.4 Å². The first-order chi connectivity index (χ1) is 10.6. The van der Waals surface area contributed by atoms with Crippen molar-refractivity contribution in [2.24, 2.45) is 0 Å². The summed E-state index contributed by atoms with van der Waals surface area (Å²) in [6.45, 7) is 18.1. The van der Waals surface area contributed by atoms with Gasteiger partial charge in [0.1, 0.15) is 11.5 Å². The van der Waals surface area contributed by atoms with E-state index < -0.39 is 8.32 Å². The highest BCUT2D eigenvalue weighted by Gasteiger charge is 2.47. The molecule has 0 bridgehead atoms. The number of hydrogen-bond acceptors (Lipinski definition) is 2. The van der Waals surface area contributed by atoms with Crippen molar-refractivity contribution in [2.45, 2.75) is 72.0 Å². The van der Waals surface area contributed by atoms with Crippen LogP contribution in [0, 0.1) is 0 Å². The van der Waals surface area contributed by atoms with Gasteiger partial charge in [-0.15, -0.1) is 0 Å². The zero-order valence-electron chi connectivity index (χ0n) is 16.4. The van der Waals surface area contributed by atoms with E-state index in [4.69, 9.17) is 9.16 Å². The summed E-state index contributed by atoms with van der Waals surface area (Å²) in [7, 11) is -0.205. The molecule has 0 aliphatic rings. The van der Waals surface area contributed by atoms with Gasteiger partial charge in [0.15, 0.2) is 0 Å². The van der Waals surface area contributed by atoms with Crippen LogP contribution in [0.5, 0.6) is 11.5 Å². The van der Waals surface area contributed by atoms with E-state index in [0.717, 1.165) is 17.1 Å². The summed E-state index contributed by atoms with van der Waals surface area (Å²) in [6.07, 6.45) is 2.15. The Kier molecular flexibility index (Phi) is 6.94. The summed E-state index contributed by atoms with van der Waals surface area (Å²) in [5, 5.41) is 0. The van der Waals surface area contributed by atoms with E-state index in [9.17, 15) is 0 Å². The van der Waals surface area contributed by atoms with Crippen molar-refractivity contribution in [3.05, 3.63) is 29.3 Å². The van der Waals surface area contributed by atoms with E-state index in [1.165, 1.54) is 5.57 Å². The summed E-state index contributed by atoms with van der Waals surface area (Å²) in [6, 6.07) is 6.20. The number of ether oxygens (including phenoxy) is 1. The first kappa shape index (κ1) is 19.8. The van der Waals surface area contributed by atoms with E-state index >= 15 is 0 Å². The molecule has 0 heterocycles. The molecule has 3 heteroatoms. The lowest BCUT2D eigenvalue weighted by atomic mass is 10.1. The Bertz CT molecular complexity index is 519. The fourth-order valence-corrected chi connectivity index (χ4v) is 9.00. The Morgan fingerprint density at radius 2 is 1.48 bits per heavy atom. The second-order valence-electron chi connectivity index (χ2n) is 7.55. The van der Waals surface area contributed by atoms with Crippen molar-refractivity contribution in [1.29, 1.82) is 0 Å². The van der Waals surface area contributed by atoms with Crippen molar-refractivity contribution in [2.75, 3.05) is 7.11 Å². The van der Waals surface area contributed by atoms with Crippen molar-refractivity contribution in [3.8, 4) is 11.5 Å². The second-order valence-corrected chi connectivity index (χ2v) is 12.9. The summed E-state index contributed by atoms with van der Waals surface area (Å²) >= 11 is 0. The number of benzene rings is 1. The third-order valence-corrected chi connectivity index (χ3v) is 10.7. The van der Waals surface area contributed by atoms with Crippen molar-refractivity contribution in [1.82, 2.24) is 0 Å². The lowest BCUT2D eigenvalue weighted by Crippen LogP contribution is -2.50. The molecule has 23 heavy (non-hydrogen) atoms. The van der Waals surface area contributed by atoms with E-state index in [1.54, 1.807) is 7.11 Å². The lowest BCUT2D eigenvalue weighted by molar-refractivity contribution is 0.412. The lowest BCUT2D eigenvalue weighted by Gasteiger charge is -2.42. The molecular weight excluding hydrogens is 300 g/mol. The fourth-order valence-electron chi connectivity index (χ4n) is 3.76. The first-order valence-corrected chi connectivity index (χ1v) is 10.8. The smallest absolute Gasteiger partial charge is 0.258 e. The quantitative estimate of drug-likeness (QED) is 0.518. The SMILES string of the molecule is COc1ccc(O[Si](C(C)C)(C(C)C)C(C)C)cc1C=C(C)C. The van der Waals surface area contributed by atoms with Crippen LogP contribution in [0.4, 0.5) is 0 Å². The molecule has 1 aromatic rings. The molecule has 0 aromatic heterocycles. The van der Waals surface area contributed by atoms with Crippen LogP contribution in [0.1, 0.15) is 61.0 Å². The molecule has 0 radical (unpaired) electrons. The topological polar surface area (TPSA) is 18.5 Å². The molecule has 1 aromatic carbocycles. The third-order valence-electron chi connectivity index (χ3n) is 4.65. The molecule has 130 valence electrons. The zero-order chi connectivity index (χ0) is 17.8. The van der Waals surface area contributed by atoms with Crippen LogP contribution in [0.15, 0.2) is 23.8 Å². The largest absolute Gasteiger partial charge is 0.543 e. The van der Waals surface area contributed by atoms with Gasteiger partial charge in [-0.3, -0.25) is 0 Å². The van der Waals surface area contributed by atoms with E-state index in [-0.39, 0.29) is 0 Å². The van der Waals surface area contributed by atoms with Gasteiger partial charge in [0.25, 0.3) is 8.32 Å². The van der Waals surface area contributed by atoms with Gasteiger partial charge in [-0.1, -0.05) is 53.2 Å². The minimum Gasteiger partial charge on any atom is -0.543 e. The van der Waals surface area contributed by atoms with Gasteiger partial charge < -0.3 is 9.16 Å². The Balaban J connectivity index is 3.32. The van der Waals surface area contributed by atoms with Crippen LogP contribution in [-0.2, 0) is 0 Å². The van der Waals surface area contributed by atoms with Gasteiger partial charge in [-0.05, 0) is 48.7 Å². The van der Waals surface area contributed by atoms with Gasteiger partial charge in [-0.25, -0.2) is 0 Å². The van der Waals surface area contributed by atoms with Crippen molar-refractivity contribution in [3.63, 3.8) is 0 Å². The standard InChI is InChI=1S/C20H34O2Si/c1-14(2)12-18-13-19(10-11-20(18)21-9)22-23(15(3)4,16(5)6)17(7)8/h10-13,15-17H,1-9H3. The van der Waals surface area contributed by atoms with E-state index in [2.05, 4.69) is 73.6 Å². The molecule has 0 atom stereocenters. The summed E-state index contributed by atoms with van der Waals surface area (Å²) < 4.78 is 12.2. The van der Waals surface area contributed by atoms with Crippen molar-refractivity contribution < 1.29 is 9.16 Å². The molecule has 0 saturated carbocycles. The summed E-state index contributed by atoms with van der Waals surface area (Å²) in [4.78, 5) is 0. The molecule has 1 rings (SSSR count). The molecule has 0 saturated heterocycles. The molecular formula is C20H34O2Si. The average molecular weight is 335 g/mol. The summed E-state index contributed by atoms with van der Waals surface area (Å²) in [5.74, 6) is 1.87. The highest BCUT2D eigenvalue weighted by Crippen LogP contribution is 2.43. The molecule has 0 aliphatic carbocycles. The highest BCUT2D eigenvalue weighted by molar-refractivity contribution is 6.78. The Morgan fingerprint density at radius 1 is 0.957 bits per heavy atom. The predicted molar refractivity (Wildman–Crippen MR) is 104 cm³/mol. The maximum atomic E-state index is 6.76. The number of hydrogen-bond donors (Lipinski definition) is 0. The van der Waals surface area contributed by atoms with Crippen LogP contribution in [0.25, 0.3) is 6.08 Å². The van der Waals surface area contributed by atoms with Gasteiger partial charge in [0.05, 0.1) is 7.11 Å².